The van der Waals surface area contributed by atoms with Crippen molar-refractivity contribution in [2.75, 3.05) is 19.5 Å². The second-order valence-corrected chi connectivity index (χ2v) is 6.81. The quantitative estimate of drug-likeness (QED) is 0.512. The third kappa shape index (κ3) is 3.87. The Balaban J connectivity index is 1.59. The molecule has 4 aromatic rings. The molecule has 148 valence electrons. The van der Waals surface area contributed by atoms with Gasteiger partial charge >= 0.3 is 0 Å². The maximum absolute atomic E-state index is 13.2. The molecule has 1 N–H and O–H groups in total. The molecule has 0 atom stereocenters. The van der Waals surface area contributed by atoms with Crippen LogP contribution in [0.4, 0.5) is 15.2 Å². The van der Waals surface area contributed by atoms with Crippen LogP contribution in [-0.4, -0.2) is 38.6 Å². The molecule has 4 rings (SSSR count). The van der Waals surface area contributed by atoms with Crippen molar-refractivity contribution in [1.29, 1.82) is 0 Å². The lowest BCUT2D eigenvalue weighted by atomic mass is 10.3. The number of nitrogens with one attached hydrogen (secondary N) is 1. The van der Waals surface area contributed by atoms with Gasteiger partial charge in [-0.2, -0.15) is 9.36 Å². The van der Waals surface area contributed by atoms with E-state index in [1.54, 1.807) is 37.1 Å². The van der Waals surface area contributed by atoms with E-state index in [1.165, 1.54) is 23.7 Å². The summed E-state index contributed by atoms with van der Waals surface area (Å²) in [5.74, 6) is 1.47. The summed E-state index contributed by atoms with van der Waals surface area (Å²) in [6.07, 6.45) is 0. The summed E-state index contributed by atoms with van der Waals surface area (Å²) in [5.41, 5.74) is 2.78. The van der Waals surface area contributed by atoms with Crippen LogP contribution in [0.25, 0.3) is 17.2 Å². The molecule has 2 aromatic heterocycles. The van der Waals surface area contributed by atoms with Gasteiger partial charge in [-0.3, -0.25) is 0 Å². The number of hydrogen-bond acceptors (Lipinski definition) is 8. The maximum Gasteiger partial charge on any atom is 0.207 e. The van der Waals surface area contributed by atoms with Crippen LogP contribution in [0.15, 0.2) is 42.5 Å². The molecular weight excluding hydrogens is 395 g/mol. The van der Waals surface area contributed by atoms with Gasteiger partial charge in [0.1, 0.15) is 17.3 Å². The lowest BCUT2D eigenvalue weighted by Crippen LogP contribution is -1.99. The molecule has 10 heteroatoms. The van der Waals surface area contributed by atoms with Gasteiger partial charge in [-0.1, -0.05) is 5.21 Å². The predicted molar refractivity (Wildman–Crippen MR) is 108 cm³/mol. The van der Waals surface area contributed by atoms with Crippen LogP contribution in [0.2, 0.25) is 0 Å². The highest BCUT2D eigenvalue weighted by Crippen LogP contribution is 2.30. The van der Waals surface area contributed by atoms with Gasteiger partial charge < -0.3 is 14.8 Å². The molecule has 2 aromatic carbocycles. The third-order valence-corrected chi connectivity index (χ3v) is 4.84. The molecule has 0 spiro atoms. The lowest BCUT2D eigenvalue weighted by molar-refractivity contribution is 0.395. The van der Waals surface area contributed by atoms with Gasteiger partial charge in [0, 0.05) is 35.4 Å². The molecule has 0 amide bonds. The number of aromatic nitrogens is 5. The number of methoxy groups -OCH3 is 2. The monoisotopic (exact) mass is 412 g/mol. The molecule has 0 unspecified atom stereocenters. The van der Waals surface area contributed by atoms with Gasteiger partial charge in [-0.25, -0.2) is 9.07 Å². The van der Waals surface area contributed by atoms with Crippen molar-refractivity contribution in [3.63, 3.8) is 0 Å². The average molecular weight is 412 g/mol. The fraction of sp³-hybridized carbons (Fsp3) is 0.158. The average Bonchev–Trinajstić information content (AvgIpc) is 3.34. The van der Waals surface area contributed by atoms with Crippen LogP contribution in [0, 0.1) is 12.7 Å². The molecule has 0 saturated heterocycles. The van der Waals surface area contributed by atoms with Crippen LogP contribution < -0.4 is 14.8 Å². The van der Waals surface area contributed by atoms with Crippen molar-refractivity contribution < 1.29 is 13.9 Å². The standard InChI is InChI=1S/C19H17FN6O2S/c1-11-17(23-25-26(11)14-6-4-12(20)5-7-14)18-22-19(29-24-18)21-13-8-15(27-2)10-16(9-13)28-3/h4-10H,1-3H3,(H,21,22,24). The first kappa shape index (κ1) is 18.8. The highest BCUT2D eigenvalue weighted by molar-refractivity contribution is 7.09. The number of hydrogen-bond donors (Lipinski definition) is 1. The smallest absolute Gasteiger partial charge is 0.207 e. The zero-order valence-corrected chi connectivity index (χ0v) is 16.7. The predicted octanol–water partition coefficient (Wildman–Crippen LogP) is 3.99. The van der Waals surface area contributed by atoms with Gasteiger partial charge in [0.25, 0.3) is 0 Å². The summed E-state index contributed by atoms with van der Waals surface area (Å²) in [6.45, 7) is 1.86. The summed E-state index contributed by atoms with van der Waals surface area (Å²) in [6, 6.07) is 11.5. The molecule has 0 bridgehead atoms. The number of ether oxygens (including phenoxy) is 2. The van der Waals surface area contributed by atoms with Crippen molar-refractivity contribution >= 4 is 22.4 Å². The van der Waals surface area contributed by atoms with E-state index in [4.69, 9.17) is 9.47 Å². The summed E-state index contributed by atoms with van der Waals surface area (Å²) in [5, 5.41) is 12.1. The van der Waals surface area contributed by atoms with Crippen molar-refractivity contribution in [3.05, 3.63) is 54.0 Å². The van der Waals surface area contributed by atoms with E-state index in [1.807, 2.05) is 19.1 Å². The van der Waals surface area contributed by atoms with Crippen LogP contribution in [-0.2, 0) is 0 Å². The molecule has 0 radical (unpaired) electrons. The van der Waals surface area contributed by atoms with E-state index in [9.17, 15) is 4.39 Å². The Morgan fingerprint density at radius 1 is 1.03 bits per heavy atom. The minimum absolute atomic E-state index is 0.308. The highest BCUT2D eigenvalue weighted by atomic mass is 32.1. The fourth-order valence-electron chi connectivity index (χ4n) is 2.74. The van der Waals surface area contributed by atoms with E-state index in [2.05, 4.69) is 25.0 Å². The second kappa shape index (κ2) is 7.84. The first-order chi connectivity index (χ1) is 14.1. The Kier molecular flexibility index (Phi) is 5.09. The molecule has 0 aliphatic heterocycles. The van der Waals surface area contributed by atoms with Crippen LogP contribution in [0.3, 0.4) is 0 Å². The van der Waals surface area contributed by atoms with Gasteiger partial charge in [-0.05, 0) is 31.2 Å². The molecule has 8 nitrogen and oxygen atoms in total. The van der Waals surface area contributed by atoms with Crippen LogP contribution in [0.1, 0.15) is 5.69 Å². The van der Waals surface area contributed by atoms with E-state index >= 15 is 0 Å². The van der Waals surface area contributed by atoms with Gasteiger partial charge in [0.15, 0.2) is 11.5 Å². The Hall–Kier alpha value is -3.53. The molecule has 0 saturated carbocycles. The van der Waals surface area contributed by atoms with E-state index in [-0.39, 0.29) is 5.82 Å². The third-order valence-electron chi connectivity index (χ3n) is 4.21. The Morgan fingerprint density at radius 2 is 1.72 bits per heavy atom. The summed E-state index contributed by atoms with van der Waals surface area (Å²) in [7, 11) is 3.18. The molecule has 2 heterocycles. The van der Waals surface area contributed by atoms with Gasteiger partial charge in [0.05, 0.1) is 25.6 Å². The SMILES string of the molecule is COc1cc(Nc2nc(-c3nnn(-c4ccc(F)cc4)c3C)ns2)cc(OC)c1. The Bertz CT molecular complexity index is 1120. The fourth-order valence-corrected chi connectivity index (χ4v) is 3.33. The maximum atomic E-state index is 13.2. The van der Waals surface area contributed by atoms with Gasteiger partial charge in [-0.15, -0.1) is 5.10 Å². The minimum Gasteiger partial charge on any atom is -0.497 e. The normalized spacial score (nSPS) is 10.8. The molecule has 0 aliphatic rings. The highest BCUT2D eigenvalue weighted by Gasteiger charge is 2.17. The van der Waals surface area contributed by atoms with E-state index < -0.39 is 0 Å². The Morgan fingerprint density at radius 3 is 2.38 bits per heavy atom. The van der Waals surface area contributed by atoms with E-state index in [0.717, 1.165) is 11.4 Å². The molecule has 0 fully saturated rings. The van der Waals surface area contributed by atoms with Gasteiger partial charge in [0.2, 0.25) is 5.13 Å². The summed E-state index contributed by atoms with van der Waals surface area (Å²) < 4.78 is 29.7. The zero-order valence-electron chi connectivity index (χ0n) is 15.9. The zero-order chi connectivity index (χ0) is 20.4. The number of nitrogens with zero attached hydrogens (tertiary/aromatic N) is 5. The molecule has 29 heavy (non-hydrogen) atoms. The molecular formula is C19H17FN6O2S. The topological polar surface area (TPSA) is 87.0 Å². The Labute approximate surface area is 170 Å². The molecule has 0 aliphatic carbocycles. The number of anilines is 2. The summed E-state index contributed by atoms with van der Waals surface area (Å²) >= 11 is 1.20. The number of halogens is 1. The first-order valence-corrected chi connectivity index (χ1v) is 9.37. The largest absolute Gasteiger partial charge is 0.497 e. The lowest BCUT2D eigenvalue weighted by Gasteiger charge is -2.08. The van der Waals surface area contributed by atoms with Crippen LogP contribution in [0.5, 0.6) is 11.5 Å². The van der Waals surface area contributed by atoms with Crippen molar-refractivity contribution in [3.8, 4) is 28.7 Å². The van der Waals surface area contributed by atoms with Crippen molar-refractivity contribution in [2.24, 2.45) is 0 Å². The summed E-state index contributed by atoms with van der Waals surface area (Å²) in [4.78, 5) is 4.51. The van der Waals surface area contributed by atoms with Crippen molar-refractivity contribution in [2.45, 2.75) is 6.92 Å². The van der Waals surface area contributed by atoms with Crippen LogP contribution >= 0.6 is 11.5 Å². The number of rotatable bonds is 6. The van der Waals surface area contributed by atoms with E-state index in [0.29, 0.717) is 33.8 Å². The first-order valence-electron chi connectivity index (χ1n) is 8.60. The van der Waals surface area contributed by atoms with Crippen molar-refractivity contribution in [1.82, 2.24) is 24.4 Å². The number of benzene rings is 2. The minimum atomic E-state index is -0.308. The second-order valence-electron chi connectivity index (χ2n) is 6.06.